The molecule has 1 aromatic rings. The van der Waals surface area contributed by atoms with E-state index in [0.29, 0.717) is 38.5 Å². The molecule has 23 heavy (non-hydrogen) atoms. The lowest BCUT2D eigenvalue weighted by Crippen LogP contribution is -2.53. The molecule has 0 radical (unpaired) electrons. The average molecular weight is 321 g/mol. The number of anilines is 1. The molecule has 1 atom stereocenters. The summed E-state index contributed by atoms with van der Waals surface area (Å²) in [5, 5.41) is 2.73. The monoisotopic (exact) mass is 321 g/mol. The van der Waals surface area contributed by atoms with Crippen LogP contribution in [0.5, 0.6) is 0 Å². The van der Waals surface area contributed by atoms with Gasteiger partial charge in [0.15, 0.2) is 0 Å². The molecular formula is C16H20FN3O3. The lowest BCUT2D eigenvalue weighted by molar-refractivity contribution is -0.142. The molecule has 1 aromatic carbocycles. The van der Waals surface area contributed by atoms with Gasteiger partial charge in [-0.2, -0.15) is 0 Å². The minimum atomic E-state index is -0.343. The number of piperazine rings is 1. The molecule has 0 bridgehead atoms. The lowest BCUT2D eigenvalue weighted by atomic mass is 10.2. The number of halogens is 1. The second-order valence-corrected chi connectivity index (χ2v) is 5.75. The van der Waals surface area contributed by atoms with E-state index in [-0.39, 0.29) is 23.9 Å². The highest BCUT2D eigenvalue weighted by Crippen LogP contribution is 2.16. The fourth-order valence-corrected chi connectivity index (χ4v) is 2.84. The first-order chi connectivity index (χ1) is 11.1. The highest BCUT2D eigenvalue weighted by atomic mass is 19.1. The summed E-state index contributed by atoms with van der Waals surface area (Å²) < 4.78 is 18.3. The molecule has 2 aliphatic rings. The number of amides is 3. The molecule has 1 unspecified atom stereocenters. The number of hydrogen-bond donors (Lipinski definition) is 1. The van der Waals surface area contributed by atoms with E-state index in [4.69, 9.17) is 4.74 Å². The number of nitrogens with zero attached hydrogens (tertiary/aromatic N) is 2. The highest BCUT2D eigenvalue weighted by molar-refractivity contribution is 5.89. The SMILES string of the molecule is O=C(Nc1ccc(F)cc1)N1CCN(C(=O)C2CCCO2)CC1. The van der Waals surface area contributed by atoms with Crippen LogP contribution in [-0.2, 0) is 9.53 Å². The fourth-order valence-electron chi connectivity index (χ4n) is 2.84. The third kappa shape index (κ3) is 3.79. The predicted octanol–water partition coefficient (Wildman–Crippen LogP) is 1.68. The third-order valence-corrected chi connectivity index (χ3v) is 4.18. The van der Waals surface area contributed by atoms with Crippen molar-refractivity contribution in [2.45, 2.75) is 18.9 Å². The summed E-state index contributed by atoms with van der Waals surface area (Å²) in [5.41, 5.74) is 0.550. The van der Waals surface area contributed by atoms with E-state index in [9.17, 15) is 14.0 Å². The Labute approximate surface area is 134 Å². The predicted molar refractivity (Wildman–Crippen MR) is 82.5 cm³/mol. The number of urea groups is 1. The Morgan fingerprint density at radius 1 is 1.09 bits per heavy atom. The maximum absolute atomic E-state index is 12.9. The van der Waals surface area contributed by atoms with Crippen molar-refractivity contribution in [1.82, 2.24) is 9.80 Å². The number of carbonyl (C=O) groups is 2. The number of rotatable bonds is 2. The minimum absolute atomic E-state index is 0.0288. The van der Waals surface area contributed by atoms with Crippen LogP contribution in [0.3, 0.4) is 0 Å². The molecule has 0 aromatic heterocycles. The molecule has 124 valence electrons. The first-order valence-corrected chi connectivity index (χ1v) is 7.85. The molecule has 2 heterocycles. The molecule has 0 saturated carbocycles. The summed E-state index contributed by atoms with van der Waals surface area (Å²) in [6.45, 7) is 2.62. The van der Waals surface area contributed by atoms with E-state index in [0.717, 1.165) is 12.8 Å². The smallest absolute Gasteiger partial charge is 0.321 e. The van der Waals surface area contributed by atoms with Crippen LogP contribution in [0.15, 0.2) is 24.3 Å². The van der Waals surface area contributed by atoms with Gasteiger partial charge in [0.2, 0.25) is 0 Å². The number of benzene rings is 1. The van der Waals surface area contributed by atoms with Crippen molar-refractivity contribution in [3.05, 3.63) is 30.1 Å². The summed E-state index contributed by atoms with van der Waals surface area (Å²) in [7, 11) is 0. The van der Waals surface area contributed by atoms with Gasteiger partial charge < -0.3 is 19.9 Å². The lowest BCUT2D eigenvalue weighted by Gasteiger charge is -2.35. The molecule has 3 rings (SSSR count). The quantitative estimate of drug-likeness (QED) is 0.901. The molecule has 2 fully saturated rings. The minimum Gasteiger partial charge on any atom is -0.368 e. The number of hydrogen-bond acceptors (Lipinski definition) is 3. The second-order valence-electron chi connectivity index (χ2n) is 5.75. The highest BCUT2D eigenvalue weighted by Gasteiger charge is 2.31. The van der Waals surface area contributed by atoms with Crippen LogP contribution < -0.4 is 5.32 Å². The Hall–Kier alpha value is -2.15. The molecule has 2 aliphatic heterocycles. The van der Waals surface area contributed by atoms with Crippen LogP contribution in [0, 0.1) is 5.82 Å². The number of carbonyl (C=O) groups excluding carboxylic acids is 2. The van der Waals surface area contributed by atoms with Gasteiger partial charge in [0, 0.05) is 38.5 Å². The molecule has 3 amide bonds. The third-order valence-electron chi connectivity index (χ3n) is 4.18. The van der Waals surface area contributed by atoms with Gasteiger partial charge in [-0.3, -0.25) is 4.79 Å². The Kier molecular flexibility index (Phi) is 4.76. The van der Waals surface area contributed by atoms with Crippen LogP contribution >= 0.6 is 0 Å². The number of nitrogens with one attached hydrogen (secondary N) is 1. The maximum atomic E-state index is 12.9. The van der Waals surface area contributed by atoms with Crippen molar-refractivity contribution in [2.24, 2.45) is 0 Å². The fraction of sp³-hybridized carbons (Fsp3) is 0.500. The average Bonchev–Trinajstić information content (AvgIpc) is 3.11. The van der Waals surface area contributed by atoms with Crippen LogP contribution in [-0.4, -0.2) is 60.6 Å². The van der Waals surface area contributed by atoms with Gasteiger partial charge in [0.25, 0.3) is 5.91 Å². The normalized spacial score (nSPS) is 21.3. The zero-order chi connectivity index (χ0) is 16.2. The van der Waals surface area contributed by atoms with Gasteiger partial charge in [0.1, 0.15) is 11.9 Å². The van der Waals surface area contributed by atoms with E-state index in [1.54, 1.807) is 9.80 Å². The summed E-state index contributed by atoms with van der Waals surface area (Å²) >= 11 is 0. The summed E-state index contributed by atoms with van der Waals surface area (Å²) in [5.74, 6) is -0.314. The van der Waals surface area contributed by atoms with E-state index >= 15 is 0 Å². The van der Waals surface area contributed by atoms with Gasteiger partial charge in [-0.25, -0.2) is 9.18 Å². The topological polar surface area (TPSA) is 61.9 Å². The van der Waals surface area contributed by atoms with E-state index in [2.05, 4.69) is 5.32 Å². The van der Waals surface area contributed by atoms with Gasteiger partial charge >= 0.3 is 6.03 Å². The molecule has 2 saturated heterocycles. The van der Waals surface area contributed by atoms with Crippen LogP contribution in [0.2, 0.25) is 0 Å². The summed E-state index contributed by atoms with van der Waals surface area (Å²) in [6.07, 6.45) is 1.40. The zero-order valence-corrected chi connectivity index (χ0v) is 12.8. The Bertz CT molecular complexity index is 564. The number of ether oxygens (including phenoxy) is 1. The van der Waals surface area contributed by atoms with Crippen molar-refractivity contribution in [3.8, 4) is 0 Å². The van der Waals surface area contributed by atoms with Gasteiger partial charge in [0.05, 0.1) is 0 Å². The molecule has 1 N–H and O–H groups in total. The standard InChI is InChI=1S/C16H20FN3O3/c17-12-3-5-13(6-4-12)18-16(22)20-9-7-19(8-10-20)15(21)14-2-1-11-23-14/h3-6,14H,1-2,7-11H2,(H,18,22). The van der Waals surface area contributed by atoms with Crippen LogP contribution in [0.1, 0.15) is 12.8 Å². The van der Waals surface area contributed by atoms with E-state index < -0.39 is 0 Å². The molecule has 0 spiro atoms. The van der Waals surface area contributed by atoms with Gasteiger partial charge in [-0.1, -0.05) is 0 Å². The van der Waals surface area contributed by atoms with Crippen LogP contribution in [0.25, 0.3) is 0 Å². The molecule has 0 aliphatic carbocycles. The van der Waals surface area contributed by atoms with Crippen molar-refractivity contribution in [1.29, 1.82) is 0 Å². The van der Waals surface area contributed by atoms with E-state index in [1.165, 1.54) is 24.3 Å². The molecular weight excluding hydrogens is 301 g/mol. The molecule has 6 nitrogen and oxygen atoms in total. The van der Waals surface area contributed by atoms with Crippen molar-refractivity contribution >= 4 is 17.6 Å². The summed E-state index contributed by atoms with van der Waals surface area (Å²) in [4.78, 5) is 27.8. The van der Waals surface area contributed by atoms with Gasteiger partial charge in [-0.15, -0.1) is 0 Å². The Balaban J connectivity index is 1.49. The Morgan fingerprint density at radius 3 is 2.35 bits per heavy atom. The Morgan fingerprint density at radius 2 is 1.74 bits per heavy atom. The molecule has 7 heteroatoms. The zero-order valence-electron chi connectivity index (χ0n) is 12.8. The first-order valence-electron chi connectivity index (χ1n) is 7.85. The van der Waals surface area contributed by atoms with E-state index in [1.807, 2.05) is 0 Å². The van der Waals surface area contributed by atoms with Crippen molar-refractivity contribution < 1.29 is 18.7 Å². The largest absolute Gasteiger partial charge is 0.368 e. The first kappa shape index (κ1) is 15.7. The van der Waals surface area contributed by atoms with Crippen molar-refractivity contribution in [3.63, 3.8) is 0 Å². The summed E-state index contributed by atoms with van der Waals surface area (Å²) in [6, 6.07) is 5.40. The van der Waals surface area contributed by atoms with Crippen LogP contribution in [0.4, 0.5) is 14.9 Å². The van der Waals surface area contributed by atoms with Crippen molar-refractivity contribution in [2.75, 3.05) is 38.1 Å². The second kappa shape index (κ2) is 6.95. The maximum Gasteiger partial charge on any atom is 0.321 e. The van der Waals surface area contributed by atoms with Gasteiger partial charge in [-0.05, 0) is 37.1 Å².